The van der Waals surface area contributed by atoms with Gasteiger partial charge in [0.05, 0.1) is 11.1 Å². The van der Waals surface area contributed by atoms with Crippen molar-refractivity contribution >= 4 is 11.9 Å². The monoisotopic (exact) mass is 649 g/mol. The second-order valence-electron chi connectivity index (χ2n) is 14.7. The van der Waals surface area contributed by atoms with Crippen molar-refractivity contribution in [3.05, 3.63) is 131 Å². The molecule has 0 bridgehead atoms. The van der Waals surface area contributed by atoms with Crippen LogP contribution in [-0.4, -0.2) is 16.8 Å². The molecule has 256 valence electrons. The van der Waals surface area contributed by atoms with Crippen LogP contribution in [0, 0.1) is 10.8 Å². The maximum atomic E-state index is 13.8. The number of allylic oxidation sites excluding steroid dienone is 2. The van der Waals surface area contributed by atoms with E-state index in [1.54, 1.807) is 24.3 Å². The molecule has 0 spiro atoms. The SMILES string of the molecule is CCCCC[C@]1(C)C(OC(=O)c2ccccc2)=CN(Cc2ccc(C(C)(C)C)cc2)C=C(OC(=O)c2ccccc2)[C@@]1(C)CCCCC. The lowest BCUT2D eigenvalue weighted by Crippen LogP contribution is -2.42. The Hall–Kier alpha value is -4.12. The lowest BCUT2D eigenvalue weighted by atomic mass is 9.59. The summed E-state index contributed by atoms with van der Waals surface area (Å²) < 4.78 is 13.0. The third kappa shape index (κ3) is 8.86. The third-order valence-electron chi connectivity index (χ3n) is 10.0. The van der Waals surface area contributed by atoms with Gasteiger partial charge in [0.1, 0.15) is 11.5 Å². The highest BCUT2D eigenvalue weighted by molar-refractivity contribution is 5.90. The Morgan fingerprint density at radius 1 is 0.625 bits per heavy atom. The van der Waals surface area contributed by atoms with E-state index in [1.165, 1.54) is 5.56 Å². The van der Waals surface area contributed by atoms with Crippen molar-refractivity contribution in [1.29, 1.82) is 0 Å². The fourth-order valence-corrected chi connectivity index (χ4v) is 6.58. The van der Waals surface area contributed by atoms with Crippen LogP contribution >= 0.6 is 0 Å². The second kappa shape index (κ2) is 16.3. The van der Waals surface area contributed by atoms with Crippen LogP contribution in [0.5, 0.6) is 0 Å². The molecular weight excluding hydrogens is 594 g/mol. The average molecular weight is 650 g/mol. The normalized spacial score (nSPS) is 19.6. The molecule has 0 aromatic heterocycles. The molecule has 2 atom stereocenters. The molecule has 0 radical (unpaired) electrons. The zero-order valence-electron chi connectivity index (χ0n) is 30.2. The summed E-state index contributed by atoms with van der Waals surface area (Å²) in [5, 5.41) is 0. The van der Waals surface area contributed by atoms with Crippen LogP contribution in [0.2, 0.25) is 0 Å². The van der Waals surface area contributed by atoms with E-state index >= 15 is 0 Å². The molecule has 1 aliphatic rings. The maximum absolute atomic E-state index is 13.8. The van der Waals surface area contributed by atoms with Crippen LogP contribution in [0.15, 0.2) is 109 Å². The summed E-state index contributed by atoms with van der Waals surface area (Å²) in [5.41, 5.74) is 2.08. The fraction of sp³-hybridized carbons (Fsp3) is 0.442. The van der Waals surface area contributed by atoms with Gasteiger partial charge in [0, 0.05) is 29.8 Å². The van der Waals surface area contributed by atoms with Gasteiger partial charge in [0.2, 0.25) is 0 Å². The van der Waals surface area contributed by atoms with Crippen LogP contribution in [-0.2, 0) is 21.4 Å². The number of benzene rings is 3. The molecule has 0 aliphatic carbocycles. The van der Waals surface area contributed by atoms with Gasteiger partial charge in [-0.3, -0.25) is 0 Å². The minimum Gasteiger partial charge on any atom is -0.425 e. The zero-order chi connectivity index (χ0) is 34.8. The Morgan fingerprint density at radius 3 is 1.42 bits per heavy atom. The highest BCUT2D eigenvalue weighted by Gasteiger charge is 2.53. The number of hydrogen-bond donors (Lipinski definition) is 0. The quantitative estimate of drug-likeness (QED) is 0.128. The van der Waals surface area contributed by atoms with Crippen molar-refractivity contribution in [2.24, 2.45) is 10.8 Å². The lowest BCUT2D eigenvalue weighted by Gasteiger charge is -2.47. The van der Waals surface area contributed by atoms with E-state index in [9.17, 15) is 9.59 Å². The van der Waals surface area contributed by atoms with Gasteiger partial charge in [-0.05, 0) is 53.6 Å². The molecule has 0 N–H and O–H groups in total. The topological polar surface area (TPSA) is 55.8 Å². The van der Waals surface area contributed by atoms with Crippen molar-refractivity contribution in [3.8, 4) is 0 Å². The molecule has 0 amide bonds. The Labute approximate surface area is 289 Å². The van der Waals surface area contributed by atoms with Crippen LogP contribution < -0.4 is 0 Å². The number of carbonyl (C=O) groups is 2. The molecule has 3 aromatic rings. The third-order valence-corrected chi connectivity index (χ3v) is 10.0. The summed E-state index contributed by atoms with van der Waals surface area (Å²) in [6, 6.07) is 27.0. The smallest absolute Gasteiger partial charge is 0.343 e. The summed E-state index contributed by atoms with van der Waals surface area (Å²) in [6.07, 6.45) is 11.6. The van der Waals surface area contributed by atoms with Crippen LogP contribution in [0.1, 0.15) is 132 Å². The minimum atomic E-state index is -0.659. The number of ether oxygens (including phenoxy) is 2. The molecule has 0 fully saturated rings. The van der Waals surface area contributed by atoms with Crippen LogP contribution in [0.4, 0.5) is 0 Å². The molecule has 5 heteroatoms. The predicted octanol–water partition coefficient (Wildman–Crippen LogP) is 11.4. The van der Waals surface area contributed by atoms with Gasteiger partial charge < -0.3 is 14.4 Å². The van der Waals surface area contributed by atoms with Crippen LogP contribution in [0.25, 0.3) is 0 Å². The molecule has 0 saturated carbocycles. The summed E-state index contributed by atoms with van der Waals surface area (Å²) in [6.45, 7) is 15.9. The summed E-state index contributed by atoms with van der Waals surface area (Å²) in [7, 11) is 0. The molecule has 48 heavy (non-hydrogen) atoms. The van der Waals surface area contributed by atoms with E-state index in [2.05, 4.69) is 72.7 Å². The van der Waals surface area contributed by atoms with Gasteiger partial charge in [0.15, 0.2) is 0 Å². The van der Waals surface area contributed by atoms with Gasteiger partial charge in [-0.15, -0.1) is 0 Å². The van der Waals surface area contributed by atoms with Gasteiger partial charge >= 0.3 is 11.9 Å². The fourth-order valence-electron chi connectivity index (χ4n) is 6.58. The van der Waals surface area contributed by atoms with E-state index < -0.39 is 22.8 Å². The van der Waals surface area contributed by atoms with E-state index in [0.29, 0.717) is 29.2 Å². The van der Waals surface area contributed by atoms with Crippen LogP contribution in [0.3, 0.4) is 0 Å². The summed E-state index contributed by atoms with van der Waals surface area (Å²) >= 11 is 0. The molecule has 5 nitrogen and oxygen atoms in total. The van der Waals surface area contributed by atoms with Crippen molar-refractivity contribution in [1.82, 2.24) is 4.90 Å². The molecule has 3 aromatic carbocycles. The molecule has 1 aliphatic heterocycles. The van der Waals surface area contributed by atoms with Gasteiger partial charge in [-0.1, -0.05) is 148 Å². The van der Waals surface area contributed by atoms with E-state index in [-0.39, 0.29) is 5.41 Å². The highest BCUT2D eigenvalue weighted by Crippen LogP contribution is 2.57. The van der Waals surface area contributed by atoms with Gasteiger partial charge in [-0.25, -0.2) is 9.59 Å². The molecular formula is C43H55NO4. The van der Waals surface area contributed by atoms with Crippen molar-refractivity contribution in [2.75, 3.05) is 0 Å². The predicted molar refractivity (Wildman–Crippen MR) is 195 cm³/mol. The minimum absolute atomic E-state index is 0.0408. The lowest BCUT2D eigenvalue weighted by molar-refractivity contribution is 0.00188. The van der Waals surface area contributed by atoms with Crippen molar-refractivity contribution in [3.63, 3.8) is 0 Å². The number of esters is 2. The number of rotatable bonds is 14. The molecule has 0 saturated heterocycles. The second-order valence-corrected chi connectivity index (χ2v) is 14.7. The molecule has 1 heterocycles. The number of unbranched alkanes of at least 4 members (excludes halogenated alkanes) is 4. The molecule has 4 rings (SSSR count). The number of nitrogens with zero attached hydrogens (tertiary/aromatic N) is 1. The largest absolute Gasteiger partial charge is 0.425 e. The average Bonchev–Trinajstić information content (AvgIpc) is 3.15. The van der Waals surface area contributed by atoms with E-state index in [1.807, 2.05) is 53.7 Å². The van der Waals surface area contributed by atoms with Crippen molar-refractivity contribution < 1.29 is 19.1 Å². The Bertz CT molecular complexity index is 1460. The maximum Gasteiger partial charge on any atom is 0.343 e. The van der Waals surface area contributed by atoms with Gasteiger partial charge in [-0.2, -0.15) is 0 Å². The first-order chi connectivity index (χ1) is 22.9. The Morgan fingerprint density at radius 2 is 1.04 bits per heavy atom. The highest BCUT2D eigenvalue weighted by atomic mass is 16.5. The summed E-state index contributed by atoms with van der Waals surface area (Å²) in [4.78, 5) is 29.6. The molecule has 0 unspecified atom stereocenters. The number of hydrogen-bond acceptors (Lipinski definition) is 5. The van der Waals surface area contributed by atoms with Crippen molar-refractivity contribution in [2.45, 2.75) is 112 Å². The first kappa shape index (κ1) is 36.7. The summed E-state index contributed by atoms with van der Waals surface area (Å²) in [5.74, 6) is 0.414. The standard InChI is InChI=1S/C43H55NO4/c1-8-10-18-28-42(6)37(47-39(45)34-20-14-12-15-21-34)31-44(30-33-24-26-36(27-25-33)41(3,4)5)32-38(43(42,7)29-19-11-9-2)48-40(46)35-22-16-13-17-23-35/h12-17,20-27,31-32H,8-11,18-19,28-30H2,1-7H3/t42-,43-/m1/s1. The zero-order valence-corrected chi connectivity index (χ0v) is 30.2. The van der Waals surface area contributed by atoms with E-state index in [0.717, 1.165) is 56.9 Å². The van der Waals surface area contributed by atoms with E-state index in [4.69, 9.17) is 9.47 Å². The number of carbonyl (C=O) groups excluding carboxylic acids is 2. The van der Waals surface area contributed by atoms with Gasteiger partial charge in [0.25, 0.3) is 0 Å². The first-order valence-electron chi connectivity index (χ1n) is 17.8. The first-order valence-corrected chi connectivity index (χ1v) is 17.8. The Kier molecular flexibility index (Phi) is 12.5. The Balaban J connectivity index is 1.88.